The van der Waals surface area contributed by atoms with Crippen molar-refractivity contribution >= 4 is 76.1 Å². The Morgan fingerprint density at radius 1 is 0.323 bits per heavy atom. The van der Waals surface area contributed by atoms with E-state index in [1.807, 2.05) is 18.2 Å². The Balaban J connectivity index is 1.11. The Labute approximate surface area is 355 Å². The number of rotatable bonds is 5. The van der Waals surface area contributed by atoms with Gasteiger partial charge in [-0.2, -0.15) is 9.97 Å². The highest BCUT2D eigenvalue weighted by Crippen LogP contribution is 2.45. The molecule has 0 spiro atoms. The molecule has 10 aromatic carbocycles. The molecule has 0 amide bonds. The summed E-state index contributed by atoms with van der Waals surface area (Å²) in [4.78, 5) is 16.0. The van der Waals surface area contributed by atoms with Crippen LogP contribution in [0.4, 0.5) is 0 Å². The van der Waals surface area contributed by atoms with Gasteiger partial charge >= 0.3 is 0 Å². The molecule has 3 aromatic heterocycles. The molecule has 0 fully saturated rings. The zero-order valence-electron chi connectivity index (χ0n) is 33.3. The number of benzene rings is 10. The predicted molar refractivity (Wildman–Crippen MR) is 256 cm³/mol. The average Bonchev–Trinajstić information content (AvgIpc) is 3.91. The van der Waals surface area contributed by atoms with Crippen molar-refractivity contribution in [2.45, 2.75) is 0 Å². The molecule has 288 valence electrons. The Kier molecular flexibility index (Phi) is 7.54. The SMILES string of the molecule is c1ccc(-c2nc(-c3ccc4c5ccccc5c5ccccc5c4c3)nc(-n3c4ccccc4c4cccc(-c5cccc6oc7cccc(-c8ccccc8)c7c56)c43)n2)cc1. The highest BCUT2D eigenvalue weighted by molar-refractivity contribution is 6.26. The number of furan rings is 1. The minimum absolute atomic E-state index is 0.546. The molecular weight excluding hydrogens is 757 g/mol. The predicted octanol–water partition coefficient (Wildman–Crippen LogP) is 15.0. The fourth-order valence-corrected chi connectivity index (χ4v) is 9.75. The first-order chi connectivity index (χ1) is 30.8. The van der Waals surface area contributed by atoms with Gasteiger partial charge < -0.3 is 4.42 Å². The van der Waals surface area contributed by atoms with Crippen molar-refractivity contribution in [2.75, 3.05) is 0 Å². The summed E-state index contributed by atoms with van der Waals surface area (Å²) in [6, 6.07) is 72.6. The molecule has 0 N–H and O–H groups in total. The molecule has 0 aliphatic heterocycles. The Morgan fingerprint density at radius 2 is 0.823 bits per heavy atom. The van der Waals surface area contributed by atoms with Crippen molar-refractivity contribution < 1.29 is 4.42 Å². The standard InChI is InChI=1S/C57H34N4O/c1-3-16-35(17-4-1)38-25-14-30-50-52(38)53-45(26-15-31-51(53)62-50)47-28-13-27-46-44-24-11-12-29-49(44)61(54(46)47)57-59-55(36-18-5-2-6-19-36)58-56(60-57)37-32-33-43-41-22-8-7-20-39(41)40-21-9-10-23-42(40)48(43)34-37/h1-34H. The minimum atomic E-state index is 0.546. The maximum Gasteiger partial charge on any atom is 0.238 e. The number of fused-ring (bicyclic) bond motifs is 12. The third-order valence-corrected chi connectivity index (χ3v) is 12.5. The third kappa shape index (κ3) is 5.18. The fraction of sp³-hybridized carbons (Fsp3) is 0. The number of hydrogen-bond donors (Lipinski definition) is 0. The van der Waals surface area contributed by atoms with Gasteiger partial charge in [-0.25, -0.2) is 4.98 Å². The van der Waals surface area contributed by atoms with Crippen LogP contribution in [0.15, 0.2) is 211 Å². The first-order valence-electron chi connectivity index (χ1n) is 20.9. The van der Waals surface area contributed by atoms with Crippen molar-refractivity contribution in [1.82, 2.24) is 19.5 Å². The summed E-state index contributed by atoms with van der Waals surface area (Å²) in [5.74, 6) is 1.75. The Bertz CT molecular complexity index is 3890. The monoisotopic (exact) mass is 790 g/mol. The number of para-hydroxylation sites is 2. The first-order valence-corrected chi connectivity index (χ1v) is 20.9. The second-order valence-electron chi connectivity index (χ2n) is 15.9. The van der Waals surface area contributed by atoms with Gasteiger partial charge in [0.05, 0.1) is 11.0 Å². The number of aromatic nitrogens is 4. The quantitative estimate of drug-likeness (QED) is 0.163. The van der Waals surface area contributed by atoms with E-state index in [0.717, 1.165) is 82.5 Å². The molecule has 0 saturated carbocycles. The third-order valence-electron chi connectivity index (χ3n) is 12.5. The van der Waals surface area contributed by atoms with Gasteiger partial charge in [-0.15, -0.1) is 0 Å². The molecule has 62 heavy (non-hydrogen) atoms. The molecule has 5 nitrogen and oxygen atoms in total. The normalized spacial score (nSPS) is 11.9. The molecule has 5 heteroatoms. The summed E-state index contributed by atoms with van der Waals surface area (Å²) >= 11 is 0. The van der Waals surface area contributed by atoms with Crippen molar-refractivity contribution in [3.63, 3.8) is 0 Å². The average molecular weight is 791 g/mol. The van der Waals surface area contributed by atoms with E-state index in [9.17, 15) is 0 Å². The molecule has 0 atom stereocenters. The van der Waals surface area contributed by atoms with Crippen LogP contribution in [-0.4, -0.2) is 19.5 Å². The molecular formula is C57H34N4O. The van der Waals surface area contributed by atoms with Gasteiger partial charge in [0.1, 0.15) is 11.2 Å². The second-order valence-corrected chi connectivity index (χ2v) is 15.9. The summed E-state index contributed by atoms with van der Waals surface area (Å²) < 4.78 is 8.87. The summed E-state index contributed by atoms with van der Waals surface area (Å²) in [6.45, 7) is 0. The minimum Gasteiger partial charge on any atom is -0.456 e. The zero-order chi connectivity index (χ0) is 40.7. The molecule has 0 aliphatic rings. The van der Waals surface area contributed by atoms with Crippen LogP contribution in [0.2, 0.25) is 0 Å². The van der Waals surface area contributed by atoms with Crippen LogP contribution >= 0.6 is 0 Å². The molecule has 13 aromatic rings. The molecule has 3 heterocycles. The van der Waals surface area contributed by atoms with E-state index < -0.39 is 0 Å². The number of hydrogen-bond acceptors (Lipinski definition) is 4. The lowest BCUT2D eigenvalue weighted by Gasteiger charge is -2.14. The van der Waals surface area contributed by atoms with Gasteiger partial charge in [-0.1, -0.05) is 182 Å². The second kappa shape index (κ2) is 13.6. The zero-order valence-corrected chi connectivity index (χ0v) is 33.3. The fourth-order valence-electron chi connectivity index (χ4n) is 9.75. The van der Waals surface area contributed by atoms with Crippen LogP contribution in [0.5, 0.6) is 0 Å². The lowest BCUT2D eigenvalue weighted by molar-refractivity contribution is 0.669. The highest BCUT2D eigenvalue weighted by Gasteiger charge is 2.23. The molecule has 0 unspecified atom stereocenters. The summed E-state index contributed by atoms with van der Waals surface area (Å²) in [5.41, 5.74) is 9.96. The summed E-state index contributed by atoms with van der Waals surface area (Å²) in [6.07, 6.45) is 0. The van der Waals surface area contributed by atoms with Crippen molar-refractivity contribution in [3.05, 3.63) is 206 Å². The Morgan fingerprint density at radius 3 is 1.52 bits per heavy atom. The van der Waals surface area contributed by atoms with E-state index in [1.165, 1.54) is 26.9 Å². The van der Waals surface area contributed by atoms with Gasteiger partial charge in [0.15, 0.2) is 11.6 Å². The molecule has 0 saturated heterocycles. The molecule has 0 radical (unpaired) electrons. The van der Waals surface area contributed by atoms with Crippen molar-refractivity contribution in [2.24, 2.45) is 0 Å². The van der Waals surface area contributed by atoms with Gasteiger partial charge in [-0.3, -0.25) is 4.57 Å². The first kappa shape index (κ1) is 34.5. The van der Waals surface area contributed by atoms with E-state index in [2.05, 4.69) is 193 Å². The van der Waals surface area contributed by atoms with Gasteiger partial charge in [0.2, 0.25) is 5.95 Å². The molecule has 0 aliphatic carbocycles. The van der Waals surface area contributed by atoms with Crippen LogP contribution in [0.3, 0.4) is 0 Å². The van der Waals surface area contributed by atoms with Gasteiger partial charge in [0, 0.05) is 38.2 Å². The van der Waals surface area contributed by atoms with Crippen LogP contribution in [0.25, 0.3) is 127 Å². The summed E-state index contributed by atoms with van der Waals surface area (Å²) in [7, 11) is 0. The van der Waals surface area contributed by atoms with E-state index in [4.69, 9.17) is 19.4 Å². The van der Waals surface area contributed by atoms with Crippen molar-refractivity contribution in [1.29, 1.82) is 0 Å². The summed E-state index contributed by atoms with van der Waals surface area (Å²) in [5, 5.41) is 11.6. The van der Waals surface area contributed by atoms with E-state index >= 15 is 0 Å². The van der Waals surface area contributed by atoms with Crippen LogP contribution < -0.4 is 0 Å². The highest BCUT2D eigenvalue weighted by atomic mass is 16.3. The number of nitrogens with zero attached hydrogens (tertiary/aromatic N) is 4. The maximum absolute atomic E-state index is 6.63. The van der Waals surface area contributed by atoms with Crippen LogP contribution in [0.1, 0.15) is 0 Å². The Hall–Kier alpha value is -8.41. The smallest absolute Gasteiger partial charge is 0.238 e. The van der Waals surface area contributed by atoms with Crippen LogP contribution in [0, 0.1) is 0 Å². The van der Waals surface area contributed by atoms with Gasteiger partial charge in [0.25, 0.3) is 0 Å². The van der Waals surface area contributed by atoms with Gasteiger partial charge in [-0.05, 0) is 73.3 Å². The molecule has 13 rings (SSSR count). The maximum atomic E-state index is 6.63. The lowest BCUT2D eigenvalue weighted by atomic mass is 9.93. The van der Waals surface area contributed by atoms with E-state index in [1.54, 1.807) is 0 Å². The van der Waals surface area contributed by atoms with E-state index in [-0.39, 0.29) is 0 Å². The lowest BCUT2D eigenvalue weighted by Crippen LogP contribution is -2.07. The largest absolute Gasteiger partial charge is 0.456 e. The molecule has 0 bridgehead atoms. The van der Waals surface area contributed by atoms with E-state index in [0.29, 0.717) is 17.6 Å². The van der Waals surface area contributed by atoms with Crippen LogP contribution in [-0.2, 0) is 0 Å². The van der Waals surface area contributed by atoms with Crippen molar-refractivity contribution in [3.8, 4) is 51.0 Å². The topological polar surface area (TPSA) is 56.7 Å².